The number of oxime groups is 1. The molecule has 0 saturated heterocycles. The molecule has 1 heterocycles. The molecular formula is C10H13ClN4O2. The third kappa shape index (κ3) is 3.92. The highest BCUT2D eigenvalue weighted by molar-refractivity contribution is 6.30. The highest BCUT2D eigenvalue weighted by Gasteiger charge is 2.11. The van der Waals surface area contributed by atoms with Gasteiger partial charge in [-0.3, -0.25) is 4.79 Å². The number of amidine groups is 1. The Morgan fingerprint density at radius 1 is 1.71 bits per heavy atom. The summed E-state index contributed by atoms with van der Waals surface area (Å²) >= 11 is 5.65. The average Bonchev–Trinajstić information content (AvgIpc) is 2.35. The van der Waals surface area contributed by atoms with E-state index in [2.05, 4.69) is 15.5 Å². The Hall–Kier alpha value is -1.82. The molecule has 1 aromatic rings. The number of carbonyl (C=O) groups is 1. The summed E-state index contributed by atoms with van der Waals surface area (Å²) in [5.74, 6) is -0.523. The van der Waals surface area contributed by atoms with Crippen molar-refractivity contribution >= 4 is 23.3 Å². The van der Waals surface area contributed by atoms with Crippen LogP contribution in [0.2, 0.25) is 5.02 Å². The van der Waals surface area contributed by atoms with Crippen molar-refractivity contribution in [1.29, 1.82) is 0 Å². The molecule has 1 atom stereocenters. The van der Waals surface area contributed by atoms with E-state index >= 15 is 0 Å². The monoisotopic (exact) mass is 256 g/mol. The third-order valence-corrected chi connectivity index (χ3v) is 2.37. The van der Waals surface area contributed by atoms with Crippen molar-refractivity contribution in [3.8, 4) is 0 Å². The van der Waals surface area contributed by atoms with E-state index in [9.17, 15) is 4.79 Å². The molecule has 0 spiro atoms. The minimum Gasteiger partial charge on any atom is -0.409 e. The van der Waals surface area contributed by atoms with Gasteiger partial charge in [0.15, 0.2) is 0 Å². The summed E-state index contributed by atoms with van der Waals surface area (Å²) in [6.45, 7) is 1.99. The minimum absolute atomic E-state index is 0.0642. The van der Waals surface area contributed by atoms with Gasteiger partial charge in [0.25, 0.3) is 5.91 Å². The molecule has 0 aromatic carbocycles. The molecule has 0 saturated carbocycles. The first kappa shape index (κ1) is 13.2. The Balaban J connectivity index is 2.53. The van der Waals surface area contributed by atoms with Crippen LogP contribution in [-0.4, -0.2) is 28.5 Å². The van der Waals surface area contributed by atoms with Gasteiger partial charge in [0.05, 0.1) is 5.02 Å². The number of nitrogens with one attached hydrogen (secondary N) is 1. The van der Waals surface area contributed by atoms with Crippen molar-refractivity contribution in [1.82, 2.24) is 10.3 Å². The number of rotatable bonds is 4. The van der Waals surface area contributed by atoms with Crippen LogP contribution in [0.1, 0.15) is 17.4 Å². The standard InChI is InChI=1S/C10H13ClN4O2/c1-6(9(12)15-17)4-14-10(16)8-3-2-7(11)5-13-8/h2-3,5-6,17H,4H2,1H3,(H2,12,15)(H,14,16). The van der Waals surface area contributed by atoms with Crippen LogP contribution in [0.5, 0.6) is 0 Å². The summed E-state index contributed by atoms with van der Waals surface area (Å²) < 4.78 is 0. The van der Waals surface area contributed by atoms with Crippen molar-refractivity contribution in [3.05, 3.63) is 29.0 Å². The van der Waals surface area contributed by atoms with Crippen LogP contribution in [0.25, 0.3) is 0 Å². The van der Waals surface area contributed by atoms with Crippen molar-refractivity contribution < 1.29 is 10.0 Å². The average molecular weight is 257 g/mol. The lowest BCUT2D eigenvalue weighted by atomic mass is 10.1. The molecular weight excluding hydrogens is 244 g/mol. The number of nitrogens with two attached hydrogens (primary N) is 1. The van der Waals surface area contributed by atoms with Crippen LogP contribution in [0.15, 0.2) is 23.5 Å². The van der Waals surface area contributed by atoms with Gasteiger partial charge in [-0.25, -0.2) is 4.98 Å². The number of pyridine rings is 1. The van der Waals surface area contributed by atoms with Crippen molar-refractivity contribution in [3.63, 3.8) is 0 Å². The van der Waals surface area contributed by atoms with Gasteiger partial charge in [-0.1, -0.05) is 23.7 Å². The van der Waals surface area contributed by atoms with Gasteiger partial charge in [0.1, 0.15) is 11.5 Å². The van der Waals surface area contributed by atoms with Crippen molar-refractivity contribution in [2.45, 2.75) is 6.92 Å². The molecule has 7 heteroatoms. The lowest BCUT2D eigenvalue weighted by Gasteiger charge is -2.10. The largest absolute Gasteiger partial charge is 0.409 e. The molecule has 0 radical (unpaired) electrons. The Kier molecular flexibility index (Phi) is 4.71. The molecule has 1 amide bonds. The van der Waals surface area contributed by atoms with E-state index in [-0.39, 0.29) is 29.9 Å². The lowest BCUT2D eigenvalue weighted by molar-refractivity contribution is 0.0946. The van der Waals surface area contributed by atoms with E-state index in [1.807, 2.05) is 0 Å². The zero-order valence-electron chi connectivity index (χ0n) is 9.22. The quantitative estimate of drug-likeness (QED) is 0.322. The van der Waals surface area contributed by atoms with E-state index in [0.29, 0.717) is 5.02 Å². The number of carbonyl (C=O) groups excluding carboxylic acids is 1. The Morgan fingerprint density at radius 3 is 2.94 bits per heavy atom. The molecule has 1 unspecified atom stereocenters. The van der Waals surface area contributed by atoms with Crippen LogP contribution >= 0.6 is 11.6 Å². The number of amides is 1. The molecule has 17 heavy (non-hydrogen) atoms. The molecule has 92 valence electrons. The molecule has 0 bridgehead atoms. The third-order valence-electron chi connectivity index (χ3n) is 2.15. The van der Waals surface area contributed by atoms with Crippen molar-refractivity contribution in [2.75, 3.05) is 6.54 Å². The number of hydrogen-bond donors (Lipinski definition) is 3. The molecule has 0 fully saturated rings. The molecule has 6 nitrogen and oxygen atoms in total. The normalized spacial score (nSPS) is 13.2. The van der Waals surface area contributed by atoms with E-state index in [0.717, 1.165) is 0 Å². The number of aromatic nitrogens is 1. The topological polar surface area (TPSA) is 101 Å². The van der Waals surface area contributed by atoms with Crippen molar-refractivity contribution in [2.24, 2.45) is 16.8 Å². The van der Waals surface area contributed by atoms with Gasteiger partial charge in [-0.15, -0.1) is 0 Å². The first-order chi connectivity index (χ1) is 8.04. The fourth-order valence-corrected chi connectivity index (χ4v) is 1.16. The molecule has 1 aromatic heterocycles. The zero-order chi connectivity index (χ0) is 12.8. The fourth-order valence-electron chi connectivity index (χ4n) is 1.05. The Morgan fingerprint density at radius 2 is 2.41 bits per heavy atom. The maximum atomic E-state index is 11.6. The second kappa shape index (κ2) is 6.05. The van der Waals surface area contributed by atoms with Gasteiger partial charge in [-0.2, -0.15) is 0 Å². The zero-order valence-corrected chi connectivity index (χ0v) is 9.98. The molecule has 0 aliphatic rings. The van der Waals surface area contributed by atoms with Crippen LogP contribution in [0.4, 0.5) is 0 Å². The lowest BCUT2D eigenvalue weighted by Crippen LogP contribution is -2.35. The molecule has 0 aliphatic heterocycles. The molecule has 4 N–H and O–H groups in total. The SMILES string of the molecule is CC(CNC(=O)c1ccc(Cl)cn1)C(N)=NO. The minimum atomic E-state index is -0.334. The summed E-state index contributed by atoms with van der Waals surface area (Å²) in [4.78, 5) is 15.5. The Labute approximate surface area is 103 Å². The first-order valence-electron chi connectivity index (χ1n) is 4.91. The highest BCUT2D eigenvalue weighted by atomic mass is 35.5. The summed E-state index contributed by atoms with van der Waals surface area (Å²) in [5.41, 5.74) is 5.64. The van der Waals surface area contributed by atoms with Gasteiger partial charge < -0.3 is 16.3 Å². The van der Waals surface area contributed by atoms with E-state index in [1.165, 1.54) is 12.3 Å². The van der Waals surface area contributed by atoms with Gasteiger partial charge in [0.2, 0.25) is 0 Å². The van der Waals surface area contributed by atoms with Crippen LogP contribution in [-0.2, 0) is 0 Å². The van der Waals surface area contributed by atoms with E-state index in [1.54, 1.807) is 13.0 Å². The number of nitrogens with zero attached hydrogens (tertiary/aromatic N) is 2. The maximum Gasteiger partial charge on any atom is 0.269 e. The van der Waals surface area contributed by atoms with Gasteiger partial charge >= 0.3 is 0 Å². The van der Waals surface area contributed by atoms with E-state index < -0.39 is 0 Å². The summed E-state index contributed by atoms with van der Waals surface area (Å²) in [7, 11) is 0. The maximum absolute atomic E-state index is 11.6. The van der Waals surface area contributed by atoms with Gasteiger partial charge in [-0.05, 0) is 12.1 Å². The van der Waals surface area contributed by atoms with Gasteiger partial charge in [0, 0.05) is 18.7 Å². The smallest absolute Gasteiger partial charge is 0.269 e. The number of hydrogen-bond acceptors (Lipinski definition) is 4. The predicted octanol–water partition coefficient (Wildman–Crippen LogP) is 0.847. The fraction of sp³-hybridized carbons (Fsp3) is 0.300. The Bertz CT molecular complexity index is 419. The summed E-state index contributed by atoms with van der Waals surface area (Å²) in [5, 5.41) is 14.4. The molecule has 1 rings (SSSR count). The van der Waals surface area contributed by atoms with Crippen LogP contribution < -0.4 is 11.1 Å². The summed E-state index contributed by atoms with van der Waals surface area (Å²) in [6.07, 6.45) is 1.39. The van der Waals surface area contributed by atoms with E-state index in [4.69, 9.17) is 22.5 Å². The summed E-state index contributed by atoms with van der Waals surface area (Å²) in [6, 6.07) is 3.10. The second-order valence-electron chi connectivity index (χ2n) is 3.50. The second-order valence-corrected chi connectivity index (χ2v) is 3.93. The first-order valence-corrected chi connectivity index (χ1v) is 5.29. The highest BCUT2D eigenvalue weighted by Crippen LogP contribution is 2.06. The van der Waals surface area contributed by atoms with Crippen LogP contribution in [0, 0.1) is 5.92 Å². The predicted molar refractivity (Wildman–Crippen MR) is 64.2 cm³/mol. The molecule has 0 aliphatic carbocycles. The van der Waals surface area contributed by atoms with Crippen LogP contribution in [0.3, 0.4) is 0 Å². The number of halogens is 1.